The molecule has 0 radical (unpaired) electrons. The van der Waals surface area contributed by atoms with Crippen molar-refractivity contribution in [3.05, 3.63) is 88.9 Å². The molecule has 0 unspecified atom stereocenters. The van der Waals surface area contributed by atoms with Crippen LogP contribution in [0.15, 0.2) is 54.9 Å². The van der Waals surface area contributed by atoms with E-state index in [4.69, 9.17) is 10.5 Å². The second-order valence-electron chi connectivity index (χ2n) is 10.3. The summed E-state index contributed by atoms with van der Waals surface area (Å²) in [6, 6.07) is 10.8. The van der Waals surface area contributed by atoms with Gasteiger partial charge >= 0.3 is 0 Å². The molecule has 6 rings (SSSR count). The largest absolute Gasteiger partial charge is 0.433 e. The number of carbonyl (C=O) groups excluding carboxylic acids is 1. The van der Waals surface area contributed by atoms with Crippen molar-refractivity contribution in [3.63, 3.8) is 0 Å². The second kappa shape index (κ2) is 10.3. The number of nitrogens with two attached hydrogens (primary N) is 1. The molecule has 4 heterocycles. The highest BCUT2D eigenvalue weighted by Crippen LogP contribution is 2.31. The number of aliphatic hydroxyl groups excluding tert-OH is 1. The topological polar surface area (TPSA) is 122 Å². The summed E-state index contributed by atoms with van der Waals surface area (Å²) in [5, 5.41) is 15.1. The number of halogens is 2. The van der Waals surface area contributed by atoms with Crippen LogP contribution in [-0.2, 0) is 0 Å². The Morgan fingerprint density at radius 3 is 2.46 bits per heavy atom. The van der Waals surface area contributed by atoms with Gasteiger partial charge in [-0.2, -0.15) is 5.10 Å². The van der Waals surface area contributed by atoms with Crippen molar-refractivity contribution in [1.29, 1.82) is 0 Å². The number of H-pyrrole nitrogens is 1. The van der Waals surface area contributed by atoms with E-state index >= 15 is 0 Å². The zero-order valence-corrected chi connectivity index (χ0v) is 22.5. The van der Waals surface area contributed by atoms with Crippen LogP contribution >= 0.6 is 0 Å². The molecule has 0 saturated carbocycles. The van der Waals surface area contributed by atoms with Crippen molar-refractivity contribution >= 4 is 28.2 Å². The number of rotatable bonds is 6. The Morgan fingerprint density at radius 2 is 1.76 bits per heavy atom. The van der Waals surface area contributed by atoms with Crippen LogP contribution < -0.4 is 15.4 Å². The Morgan fingerprint density at radius 1 is 1.05 bits per heavy atom. The number of ether oxygens (including phenoxy) is 1. The number of para-hydroxylation sites is 1. The Hall–Kier alpha value is -4.77. The van der Waals surface area contributed by atoms with Crippen molar-refractivity contribution in [2.75, 3.05) is 23.7 Å². The lowest BCUT2D eigenvalue weighted by molar-refractivity contribution is 0.103. The summed E-state index contributed by atoms with van der Waals surface area (Å²) < 4.78 is 34.7. The van der Waals surface area contributed by atoms with Crippen molar-refractivity contribution in [1.82, 2.24) is 19.7 Å². The zero-order valence-electron chi connectivity index (χ0n) is 22.5. The Kier molecular flexibility index (Phi) is 6.66. The molecule has 0 spiro atoms. The van der Waals surface area contributed by atoms with Crippen LogP contribution in [0.5, 0.6) is 11.6 Å². The molecule has 1 fully saturated rings. The third-order valence-electron chi connectivity index (χ3n) is 7.45. The van der Waals surface area contributed by atoms with Crippen molar-refractivity contribution in [2.45, 2.75) is 32.8 Å². The number of anilines is 2. The number of carbonyl (C=O) groups is 1. The van der Waals surface area contributed by atoms with E-state index in [9.17, 15) is 18.7 Å². The summed E-state index contributed by atoms with van der Waals surface area (Å²) in [7, 11) is 0. The maximum atomic E-state index is 14.0. The van der Waals surface area contributed by atoms with Gasteiger partial charge in [-0.25, -0.2) is 18.4 Å². The number of fused-ring (bicyclic) bond motifs is 1. The Bertz CT molecular complexity index is 1770. The van der Waals surface area contributed by atoms with Gasteiger partial charge in [0.25, 0.3) is 0 Å². The van der Waals surface area contributed by atoms with Crippen LogP contribution in [0.1, 0.15) is 40.0 Å². The molecule has 2 aromatic carbocycles. The number of hydrogen-bond donors (Lipinski definition) is 3. The van der Waals surface area contributed by atoms with Crippen molar-refractivity contribution < 1.29 is 23.4 Å². The number of nitrogens with one attached hydrogen (secondary N) is 1. The number of ketones is 1. The molecule has 1 aliphatic heterocycles. The van der Waals surface area contributed by atoms with Crippen molar-refractivity contribution in [3.8, 4) is 17.3 Å². The van der Waals surface area contributed by atoms with Gasteiger partial charge in [0.05, 0.1) is 35.4 Å². The predicted molar refractivity (Wildman–Crippen MR) is 151 cm³/mol. The summed E-state index contributed by atoms with van der Waals surface area (Å²) >= 11 is 0. The Balaban J connectivity index is 1.26. The zero-order chi connectivity index (χ0) is 28.8. The molecule has 0 aliphatic carbocycles. The highest BCUT2D eigenvalue weighted by molar-refractivity contribution is 6.12. The number of pyridine rings is 1. The third-order valence-corrected chi connectivity index (χ3v) is 7.45. The average Bonchev–Trinajstić information content (AvgIpc) is 3.53. The van der Waals surface area contributed by atoms with Gasteiger partial charge in [0.1, 0.15) is 5.82 Å². The van der Waals surface area contributed by atoms with E-state index in [0.717, 1.165) is 60.2 Å². The van der Waals surface area contributed by atoms with Gasteiger partial charge in [0.2, 0.25) is 17.4 Å². The maximum Gasteiger partial charge on any atom is 0.219 e. The molecule has 0 atom stereocenters. The lowest BCUT2D eigenvalue weighted by Gasteiger charge is -2.32. The molecule has 3 aromatic heterocycles. The number of nitrogen functional groups attached to an aromatic ring is 1. The molecule has 210 valence electrons. The van der Waals surface area contributed by atoms with Gasteiger partial charge < -0.3 is 25.5 Å². The van der Waals surface area contributed by atoms with E-state index in [1.54, 1.807) is 13.0 Å². The fourth-order valence-electron chi connectivity index (χ4n) is 5.21. The quantitative estimate of drug-likeness (QED) is 0.245. The van der Waals surface area contributed by atoms with E-state index < -0.39 is 17.4 Å². The lowest BCUT2D eigenvalue weighted by atomic mass is 10.0. The summed E-state index contributed by atoms with van der Waals surface area (Å²) in [5.74, 6) is -2.44. The SMILES string of the molecule is Cc1cc2cc(C(=O)c3cnn(-c4cnc(Oc5c(F)cccc5F)cc4C)c3N)[nH]c2cc1N1CCC(O)CC1. The second-order valence-corrected chi connectivity index (χ2v) is 10.3. The van der Waals surface area contributed by atoms with Gasteiger partial charge in [-0.05, 0) is 68.1 Å². The first-order chi connectivity index (χ1) is 19.7. The van der Waals surface area contributed by atoms with E-state index in [-0.39, 0.29) is 29.1 Å². The van der Waals surface area contributed by atoms with E-state index in [0.29, 0.717) is 16.9 Å². The first kappa shape index (κ1) is 26.5. The van der Waals surface area contributed by atoms with Crippen molar-refractivity contribution in [2.24, 2.45) is 0 Å². The smallest absolute Gasteiger partial charge is 0.219 e. The summed E-state index contributed by atoms with van der Waals surface area (Å²) in [6.45, 7) is 5.33. The van der Waals surface area contributed by atoms with Gasteiger partial charge in [-0.3, -0.25) is 4.79 Å². The maximum absolute atomic E-state index is 14.0. The highest BCUT2D eigenvalue weighted by atomic mass is 19.1. The fraction of sp³-hybridized carbons (Fsp3) is 0.233. The summed E-state index contributed by atoms with van der Waals surface area (Å²) in [5.41, 5.74) is 11.0. The molecule has 11 heteroatoms. The van der Waals surface area contributed by atoms with Crippen LogP contribution in [0, 0.1) is 25.5 Å². The minimum atomic E-state index is -0.845. The number of aromatic nitrogens is 4. The third kappa shape index (κ3) is 4.89. The molecule has 1 saturated heterocycles. The number of hydrogen-bond acceptors (Lipinski definition) is 7. The van der Waals surface area contributed by atoms with Crippen LogP contribution in [0.2, 0.25) is 0 Å². The normalized spacial score (nSPS) is 14.1. The minimum absolute atomic E-state index is 0.00857. The van der Waals surface area contributed by atoms with Gasteiger partial charge in [0.15, 0.2) is 11.6 Å². The van der Waals surface area contributed by atoms with Crippen LogP contribution in [0.25, 0.3) is 16.6 Å². The number of nitrogens with zero attached hydrogens (tertiary/aromatic N) is 4. The van der Waals surface area contributed by atoms with Crippen LogP contribution in [0.3, 0.4) is 0 Å². The van der Waals surface area contributed by atoms with Gasteiger partial charge in [0, 0.05) is 35.7 Å². The van der Waals surface area contributed by atoms with E-state index in [2.05, 4.69) is 20.0 Å². The first-order valence-electron chi connectivity index (χ1n) is 13.2. The molecule has 5 aromatic rings. The summed E-state index contributed by atoms with van der Waals surface area (Å²) in [6.07, 6.45) is 4.00. The van der Waals surface area contributed by atoms with Gasteiger partial charge in [-0.15, -0.1) is 0 Å². The molecular weight excluding hydrogens is 530 g/mol. The number of aryl methyl sites for hydroxylation is 2. The predicted octanol–water partition coefficient (Wildman–Crippen LogP) is 5.21. The number of aliphatic hydroxyl groups is 1. The van der Waals surface area contributed by atoms with E-state index in [1.807, 2.05) is 19.1 Å². The lowest BCUT2D eigenvalue weighted by Crippen LogP contribution is -2.36. The molecule has 0 bridgehead atoms. The molecule has 9 nitrogen and oxygen atoms in total. The average molecular weight is 559 g/mol. The van der Waals surface area contributed by atoms with E-state index in [1.165, 1.54) is 29.2 Å². The van der Waals surface area contributed by atoms with Crippen LogP contribution in [0.4, 0.5) is 20.3 Å². The molecular formula is C30H28F2N6O3. The number of piperidine rings is 1. The fourth-order valence-corrected chi connectivity index (χ4v) is 5.21. The first-order valence-corrected chi connectivity index (χ1v) is 13.2. The number of benzene rings is 2. The summed E-state index contributed by atoms with van der Waals surface area (Å²) in [4.78, 5) is 23.1. The molecule has 41 heavy (non-hydrogen) atoms. The molecule has 0 amide bonds. The monoisotopic (exact) mass is 558 g/mol. The molecule has 1 aliphatic rings. The molecule has 4 N–H and O–H groups in total. The minimum Gasteiger partial charge on any atom is -0.433 e. The highest BCUT2D eigenvalue weighted by Gasteiger charge is 2.23. The number of aromatic amines is 1. The Labute approximate surface area is 234 Å². The standard InChI is InChI=1S/C30H28F2N6O3/c1-16-10-18-12-24(36-23(18)13-25(16)37-8-6-19(39)7-9-37)28(40)20-14-35-38(30(20)33)26-15-34-27(11-17(26)2)41-29-21(31)4-3-5-22(29)32/h3-5,10-15,19,36,39H,6-9,33H2,1-2H3. The van der Waals surface area contributed by atoms with Crippen LogP contribution in [-0.4, -0.2) is 49.8 Å². The van der Waals surface area contributed by atoms with Gasteiger partial charge in [-0.1, -0.05) is 6.07 Å².